The summed E-state index contributed by atoms with van der Waals surface area (Å²) in [6.45, 7) is 1.88. The highest BCUT2D eigenvalue weighted by atomic mass is 32.2. The highest BCUT2D eigenvalue weighted by Gasteiger charge is 2.21. The van der Waals surface area contributed by atoms with Crippen molar-refractivity contribution in [1.82, 2.24) is 4.98 Å². The van der Waals surface area contributed by atoms with Crippen LogP contribution in [0, 0.1) is 6.92 Å². The molecular formula is C21H19N3O3S2. The number of fused-ring (bicyclic) bond motifs is 1. The van der Waals surface area contributed by atoms with Gasteiger partial charge in [-0.05, 0) is 48.7 Å². The number of phenolic OH excluding ortho intramolecular Hbond substituents is 1. The lowest BCUT2D eigenvalue weighted by atomic mass is 10.0. The first kappa shape index (κ1) is 19.4. The summed E-state index contributed by atoms with van der Waals surface area (Å²) in [7, 11) is -3.75. The number of aryl methyl sites for hydroxylation is 1. The lowest BCUT2D eigenvalue weighted by Crippen LogP contribution is -2.13. The first-order chi connectivity index (χ1) is 13.8. The smallest absolute Gasteiger partial charge is 0.238 e. The molecule has 2 heterocycles. The summed E-state index contributed by atoms with van der Waals surface area (Å²) >= 11 is 1.56. The van der Waals surface area contributed by atoms with E-state index >= 15 is 0 Å². The molecule has 0 aliphatic heterocycles. The van der Waals surface area contributed by atoms with Crippen LogP contribution in [-0.2, 0) is 10.0 Å². The van der Waals surface area contributed by atoms with Crippen LogP contribution >= 0.6 is 11.3 Å². The van der Waals surface area contributed by atoms with Crippen LogP contribution < -0.4 is 10.5 Å². The quantitative estimate of drug-likeness (QED) is 0.445. The third-order valence-corrected chi connectivity index (χ3v) is 6.50. The molecule has 0 aliphatic carbocycles. The van der Waals surface area contributed by atoms with E-state index in [-0.39, 0.29) is 16.7 Å². The third-order valence-electron chi connectivity index (χ3n) is 4.64. The molecule has 29 heavy (non-hydrogen) atoms. The summed E-state index contributed by atoms with van der Waals surface area (Å²) < 4.78 is 23.0. The van der Waals surface area contributed by atoms with Gasteiger partial charge in [0.1, 0.15) is 11.3 Å². The molecule has 0 radical (unpaired) electrons. The molecule has 0 spiro atoms. The Hall–Kier alpha value is -2.94. The highest BCUT2D eigenvalue weighted by molar-refractivity contribution is 7.89. The molecule has 0 saturated carbocycles. The normalized spacial score (nSPS) is 12.8. The lowest BCUT2D eigenvalue weighted by molar-refractivity contribution is 0.472. The van der Waals surface area contributed by atoms with Crippen LogP contribution in [0.3, 0.4) is 0 Å². The van der Waals surface area contributed by atoms with Crippen LogP contribution in [0.4, 0.5) is 5.69 Å². The Bertz CT molecular complexity index is 1270. The number of phenols is 1. The second-order valence-electron chi connectivity index (χ2n) is 6.69. The zero-order valence-electron chi connectivity index (χ0n) is 15.5. The number of sulfonamides is 1. The van der Waals surface area contributed by atoms with Gasteiger partial charge in [-0.1, -0.05) is 24.3 Å². The highest BCUT2D eigenvalue weighted by Crippen LogP contribution is 2.38. The van der Waals surface area contributed by atoms with Crippen LogP contribution in [0.15, 0.2) is 70.9 Å². The number of benzene rings is 2. The van der Waals surface area contributed by atoms with Gasteiger partial charge in [0.25, 0.3) is 0 Å². The molecule has 6 nitrogen and oxygen atoms in total. The molecule has 8 heteroatoms. The second kappa shape index (κ2) is 7.47. The number of aromatic hydroxyl groups is 1. The van der Waals surface area contributed by atoms with E-state index in [1.807, 2.05) is 48.7 Å². The zero-order chi connectivity index (χ0) is 20.6. The van der Waals surface area contributed by atoms with Gasteiger partial charge in [0.2, 0.25) is 10.0 Å². The number of hydrogen-bond acceptors (Lipinski definition) is 6. The topological polar surface area (TPSA) is 105 Å². The van der Waals surface area contributed by atoms with Crippen LogP contribution in [0.5, 0.6) is 5.75 Å². The van der Waals surface area contributed by atoms with Crippen molar-refractivity contribution >= 4 is 38.0 Å². The lowest BCUT2D eigenvalue weighted by Gasteiger charge is -2.21. The van der Waals surface area contributed by atoms with Crippen LogP contribution in [0.2, 0.25) is 0 Å². The molecule has 1 unspecified atom stereocenters. The van der Waals surface area contributed by atoms with Crippen molar-refractivity contribution in [2.24, 2.45) is 5.14 Å². The van der Waals surface area contributed by atoms with Crippen LogP contribution in [-0.4, -0.2) is 18.5 Å². The maximum atomic E-state index is 11.5. The van der Waals surface area contributed by atoms with Crippen LogP contribution in [0.25, 0.3) is 10.9 Å². The predicted molar refractivity (Wildman–Crippen MR) is 116 cm³/mol. The van der Waals surface area contributed by atoms with Gasteiger partial charge in [-0.3, -0.25) is 0 Å². The maximum absolute atomic E-state index is 11.5. The molecule has 0 fully saturated rings. The molecule has 0 aliphatic rings. The van der Waals surface area contributed by atoms with E-state index in [9.17, 15) is 13.5 Å². The average Bonchev–Trinajstić information content (AvgIpc) is 3.21. The molecular weight excluding hydrogens is 406 g/mol. The van der Waals surface area contributed by atoms with Crippen molar-refractivity contribution in [2.45, 2.75) is 17.9 Å². The van der Waals surface area contributed by atoms with Crippen molar-refractivity contribution in [3.05, 3.63) is 82.2 Å². The molecule has 0 saturated heterocycles. The molecule has 0 amide bonds. The molecule has 4 rings (SSSR count). The molecule has 2 aromatic carbocycles. The van der Waals surface area contributed by atoms with Gasteiger partial charge in [-0.15, -0.1) is 11.3 Å². The van der Waals surface area contributed by atoms with Gasteiger partial charge in [0, 0.05) is 27.2 Å². The van der Waals surface area contributed by atoms with Gasteiger partial charge in [-0.2, -0.15) is 0 Å². The summed E-state index contributed by atoms with van der Waals surface area (Å²) in [5, 5.41) is 22.4. The van der Waals surface area contributed by atoms with Crippen molar-refractivity contribution in [2.75, 3.05) is 5.32 Å². The van der Waals surface area contributed by atoms with Gasteiger partial charge in [-0.25, -0.2) is 18.5 Å². The minimum absolute atomic E-state index is 0.0453. The van der Waals surface area contributed by atoms with Crippen molar-refractivity contribution in [1.29, 1.82) is 0 Å². The number of primary sulfonamides is 1. The van der Waals surface area contributed by atoms with Crippen molar-refractivity contribution < 1.29 is 13.5 Å². The van der Waals surface area contributed by atoms with Gasteiger partial charge >= 0.3 is 0 Å². The molecule has 148 valence electrons. The third kappa shape index (κ3) is 3.95. The minimum Gasteiger partial charge on any atom is -0.505 e. The predicted octanol–water partition coefficient (Wildman–Crippen LogP) is 4.16. The van der Waals surface area contributed by atoms with Crippen LogP contribution in [0.1, 0.15) is 22.2 Å². The Morgan fingerprint density at radius 2 is 1.79 bits per heavy atom. The maximum Gasteiger partial charge on any atom is 0.238 e. The number of nitrogens with one attached hydrogen (secondary N) is 1. The van der Waals surface area contributed by atoms with E-state index in [1.165, 1.54) is 12.1 Å². The monoisotopic (exact) mass is 425 g/mol. The van der Waals surface area contributed by atoms with E-state index in [0.29, 0.717) is 16.8 Å². The van der Waals surface area contributed by atoms with E-state index in [1.54, 1.807) is 23.5 Å². The van der Waals surface area contributed by atoms with Gasteiger partial charge < -0.3 is 10.4 Å². The summed E-state index contributed by atoms with van der Waals surface area (Å²) in [4.78, 5) is 5.54. The molecule has 2 aromatic heterocycles. The Labute approximate surface area is 172 Å². The number of anilines is 1. The SMILES string of the molecule is Cc1ccc2ccc(C(Nc3ccc(S(N)(=O)=O)cc3)c3cccs3)c(O)c2n1. The molecule has 4 aromatic rings. The minimum atomic E-state index is -3.75. The fourth-order valence-corrected chi connectivity index (χ4v) is 4.49. The Balaban J connectivity index is 1.78. The fraction of sp³-hybridized carbons (Fsp3) is 0.0952. The number of thiophene rings is 1. The van der Waals surface area contributed by atoms with Crippen molar-refractivity contribution in [3.8, 4) is 5.75 Å². The molecule has 4 N–H and O–H groups in total. The average molecular weight is 426 g/mol. The fourth-order valence-electron chi connectivity index (χ4n) is 3.18. The number of aromatic nitrogens is 1. The number of nitrogens with zero attached hydrogens (tertiary/aromatic N) is 1. The summed E-state index contributed by atoms with van der Waals surface area (Å²) in [5.74, 6) is 0.123. The van der Waals surface area contributed by atoms with E-state index in [2.05, 4.69) is 10.3 Å². The standard InChI is InChI=1S/C21H19N3O3S2/c1-13-4-5-14-6-11-17(21(25)19(14)23-13)20(18-3-2-12-28-18)24-15-7-9-16(10-8-15)29(22,26)27/h2-12,20,24-25H,1H3,(H2,22,26,27). The first-order valence-electron chi connectivity index (χ1n) is 8.85. The summed E-state index contributed by atoms with van der Waals surface area (Å²) in [6.07, 6.45) is 0. The second-order valence-corrected chi connectivity index (χ2v) is 9.23. The van der Waals surface area contributed by atoms with E-state index in [0.717, 1.165) is 16.0 Å². The first-order valence-corrected chi connectivity index (χ1v) is 11.3. The molecule has 0 bridgehead atoms. The van der Waals surface area contributed by atoms with E-state index < -0.39 is 10.0 Å². The Kier molecular flexibility index (Phi) is 4.99. The Morgan fingerprint density at radius 1 is 1.07 bits per heavy atom. The largest absolute Gasteiger partial charge is 0.505 e. The number of nitrogens with two attached hydrogens (primary N) is 1. The summed E-state index contributed by atoms with van der Waals surface area (Å²) in [6, 6.07) is 17.5. The van der Waals surface area contributed by atoms with Gasteiger partial charge in [0.05, 0.1) is 10.9 Å². The van der Waals surface area contributed by atoms with Gasteiger partial charge in [0.15, 0.2) is 0 Å². The van der Waals surface area contributed by atoms with E-state index in [4.69, 9.17) is 5.14 Å². The number of hydrogen-bond donors (Lipinski definition) is 3. The number of pyridine rings is 1. The Morgan fingerprint density at radius 3 is 2.45 bits per heavy atom. The zero-order valence-corrected chi connectivity index (χ0v) is 17.2. The van der Waals surface area contributed by atoms with Crippen molar-refractivity contribution in [3.63, 3.8) is 0 Å². The summed E-state index contributed by atoms with van der Waals surface area (Å²) in [5.41, 5.74) is 2.76. The number of rotatable bonds is 5. The molecule has 1 atom stereocenters.